The standard InChI is InChI=1S/C21H29N5O4S/c1-16-13-20(17(2)12-19(16)29-3)31(27,28)26-6-4-25(5-7-26)21-14-18(15-22-23-21)24-8-10-30-11-9-24/h12-15H,4-11H2,1-3H3. The van der Waals surface area contributed by atoms with Gasteiger partial charge in [0.05, 0.1) is 37.1 Å². The van der Waals surface area contributed by atoms with Crippen molar-refractivity contribution >= 4 is 21.5 Å². The lowest BCUT2D eigenvalue weighted by Crippen LogP contribution is -2.49. The van der Waals surface area contributed by atoms with Crippen LogP contribution in [0.2, 0.25) is 0 Å². The molecule has 0 amide bonds. The second-order valence-electron chi connectivity index (χ2n) is 7.85. The third kappa shape index (κ3) is 4.46. The number of piperazine rings is 1. The number of aryl methyl sites for hydroxylation is 2. The first-order valence-electron chi connectivity index (χ1n) is 10.5. The first kappa shape index (κ1) is 21.8. The Labute approximate surface area is 183 Å². The molecule has 0 atom stereocenters. The van der Waals surface area contributed by atoms with Gasteiger partial charge in [-0.3, -0.25) is 0 Å². The molecule has 168 valence electrons. The van der Waals surface area contributed by atoms with E-state index in [1.165, 1.54) is 0 Å². The highest BCUT2D eigenvalue weighted by molar-refractivity contribution is 7.89. The zero-order valence-electron chi connectivity index (χ0n) is 18.2. The molecule has 1 aromatic heterocycles. The summed E-state index contributed by atoms with van der Waals surface area (Å²) in [5.74, 6) is 1.47. The van der Waals surface area contributed by atoms with E-state index in [1.54, 1.807) is 36.7 Å². The summed E-state index contributed by atoms with van der Waals surface area (Å²) in [5, 5.41) is 8.45. The molecule has 2 saturated heterocycles. The molecule has 10 heteroatoms. The van der Waals surface area contributed by atoms with E-state index < -0.39 is 10.0 Å². The van der Waals surface area contributed by atoms with Crippen molar-refractivity contribution in [3.05, 3.63) is 35.5 Å². The fourth-order valence-corrected chi connectivity index (χ4v) is 5.77. The van der Waals surface area contributed by atoms with Crippen LogP contribution in [0.15, 0.2) is 29.3 Å². The second-order valence-corrected chi connectivity index (χ2v) is 9.76. The van der Waals surface area contributed by atoms with Crippen molar-refractivity contribution in [2.45, 2.75) is 18.7 Å². The molecule has 1 aromatic carbocycles. The van der Waals surface area contributed by atoms with Crippen LogP contribution >= 0.6 is 0 Å². The van der Waals surface area contributed by atoms with Crippen LogP contribution in [0.5, 0.6) is 5.75 Å². The maximum absolute atomic E-state index is 13.3. The third-order valence-electron chi connectivity index (χ3n) is 5.88. The number of aromatic nitrogens is 2. The summed E-state index contributed by atoms with van der Waals surface area (Å²) in [5.41, 5.74) is 2.52. The molecular formula is C21H29N5O4S. The SMILES string of the molecule is COc1cc(C)c(S(=O)(=O)N2CCN(c3cc(N4CCOCC4)cnn3)CC2)cc1C. The molecule has 0 unspecified atom stereocenters. The summed E-state index contributed by atoms with van der Waals surface area (Å²) in [7, 11) is -1.99. The van der Waals surface area contributed by atoms with Gasteiger partial charge >= 0.3 is 0 Å². The van der Waals surface area contributed by atoms with Gasteiger partial charge in [0.1, 0.15) is 5.75 Å². The molecule has 0 spiro atoms. The molecule has 0 N–H and O–H groups in total. The molecule has 9 nitrogen and oxygen atoms in total. The summed E-state index contributed by atoms with van der Waals surface area (Å²) in [6.07, 6.45) is 1.77. The molecule has 0 aliphatic carbocycles. The number of benzene rings is 1. The number of hydrogen-bond donors (Lipinski definition) is 0. The van der Waals surface area contributed by atoms with Crippen LogP contribution in [0.25, 0.3) is 0 Å². The molecule has 0 saturated carbocycles. The van der Waals surface area contributed by atoms with E-state index in [1.807, 2.05) is 13.0 Å². The third-order valence-corrected chi connectivity index (χ3v) is 7.92. The summed E-state index contributed by atoms with van der Waals surface area (Å²) < 4.78 is 38.9. The quantitative estimate of drug-likeness (QED) is 0.681. The van der Waals surface area contributed by atoms with Gasteiger partial charge in [-0.15, -0.1) is 5.10 Å². The molecule has 2 aliphatic heterocycles. The maximum atomic E-state index is 13.3. The monoisotopic (exact) mass is 447 g/mol. The topological polar surface area (TPSA) is 88.1 Å². The number of morpholine rings is 1. The summed E-state index contributed by atoms with van der Waals surface area (Å²) in [6, 6.07) is 5.51. The van der Waals surface area contributed by atoms with E-state index in [9.17, 15) is 8.42 Å². The van der Waals surface area contributed by atoms with Crippen molar-refractivity contribution in [3.63, 3.8) is 0 Å². The lowest BCUT2D eigenvalue weighted by molar-refractivity contribution is 0.122. The van der Waals surface area contributed by atoms with Gasteiger partial charge in [-0.25, -0.2) is 8.42 Å². The van der Waals surface area contributed by atoms with Crippen molar-refractivity contribution in [2.75, 3.05) is 69.4 Å². The van der Waals surface area contributed by atoms with Crippen LogP contribution in [-0.4, -0.2) is 82.5 Å². The molecule has 0 bridgehead atoms. The number of anilines is 2. The summed E-state index contributed by atoms with van der Waals surface area (Å²) >= 11 is 0. The van der Waals surface area contributed by atoms with Gasteiger partial charge in [0.25, 0.3) is 0 Å². The number of nitrogens with zero attached hydrogens (tertiary/aromatic N) is 5. The average molecular weight is 448 g/mol. The van der Waals surface area contributed by atoms with Crippen molar-refractivity contribution in [1.29, 1.82) is 0 Å². The van der Waals surface area contributed by atoms with E-state index in [4.69, 9.17) is 9.47 Å². The number of ether oxygens (including phenoxy) is 2. The Hall–Kier alpha value is -2.43. The lowest BCUT2D eigenvalue weighted by Gasteiger charge is -2.35. The Balaban J connectivity index is 1.47. The van der Waals surface area contributed by atoms with E-state index >= 15 is 0 Å². The Morgan fingerprint density at radius 1 is 0.935 bits per heavy atom. The van der Waals surface area contributed by atoms with Crippen LogP contribution in [-0.2, 0) is 14.8 Å². The van der Waals surface area contributed by atoms with Crippen molar-refractivity contribution in [1.82, 2.24) is 14.5 Å². The predicted octanol–water partition coefficient (Wildman–Crippen LogP) is 1.45. The lowest BCUT2D eigenvalue weighted by atomic mass is 10.1. The molecule has 31 heavy (non-hydrogen) atoms. The summed E-state index contributed by atoms with van der Waals surface area (Å²) in [4.78, 5) is 4.67. The predicted molar refractivity (Wildman–Crippen MR) is 119 cm³/mol. The fraction of sp³-hybridized carbons (Fsp3) is 0.524. The van der Waals surface area contributed by atoms with Gasteiger partial charge < -0.3 is 19.3 Å². The van der Waals surface area contributed by atoms with E-state index in [2.05, 4.69) is 20.0 Å². The molecule has 0 radical (unpaired) electrons. The summed E-state index contributed by atoms with van der Waals surface area (Å²) in [6.45, 7) is 8.66. The number of methoxy groups -OCH3 is 1. The van der Waals surface area contributed by atoms with Crippen molar-refractivity contribution in [2.24, 2.45) is 0 Å². The number of sulfonamides is 1. The Kier molecular flexibility index (Phi) is 6.31. The van der Waals surface area contributed by atoms with Crippen LogP contribution in [0.4, 0.5) is 11.5 Å². The molecule has 4 rings (SSSR count). The highest BCUT2D eigenvalue weighted by Crippen LogP contribution is 2.29. The number of hydrogen-bond acceptors (Lipinski definition) is 8. The van der Waals surface area contributed by atoms with E-state index in [-0.39, 0.29) is 0 Å². The molecule has 2 aromatic rings. The number of rotatable bonds is 5. The Morgan fingerprint density at radius 3 is 2.32 bits per heavy atom. The van der Waals surface area contributed by atoms with Gasteiger partial charge in [0.15, 0.2) is 5.82 Å². The Morgan fingerprint density at radius 2 is 1.65 bits per heavy atom. The highest BCUT2D eigenvalue weighted by Gasteiger charge is 2.31. The van der Waals surface area contributed by atoms with Crippen LogP contribution < -0.4 is 14.5 Å². The Bertz CT molecular complexity index is 1030. The first-order valence-corrected chi connectivity index (χ1v) is 11.9. The van der Waals surface area contributed by atoms with Gasteiger partial charge in [-0.2, -0.15) is 9.40 Å². The van der Waals surface area contributed by atoms with Gasteiger partial charge in [0.2, 0.25) is 10.0 Å². The highest BCUT2D eigenvalue weighted by atomic mass is 32.2. The minimum atomic E-state index is -3.58. The van der Waals surface area contributed by atoms with Gasteiger partial charge in [-0.05, 0) is 37.1 Å². The molecule has 2 fully saturated rings. The minimum absolute atomic E-state index is 0.341. The molecular weight excluding hydrogens is 418 g/mol. The second kappa shape index (κ2) is 8.97. The zero-order valence-corrected chi connectivity index (χ0v) is 19.1. The molecule has 3 heterocycles. The van der Waals surface area contributed by atoms with Gasteiger partial charge in [-0.1, -0.05) is 0 Å². The van der Waals surface area contributed by atoms with Crippen LogP contribution in [0, 0.1) is 13.8 Å². The zero-order chi connectivity index (χ0) is 22.0. The van der Waals surface area contributed by atoms with Crippen molar-refractivity contribution in [3.8, 4) is 5.75 Å². The van der Waals surface area contributed by atoms with E-state index in [0.29, 0.717) is 55.6 Å². The average Bonchev–Trinajstić information content (AvgIpc) is 2.81. The van der Waals surface area contributed by atoms with Gasteiger partial charge in [0, 0.05) is 45.3 Å². The minimum Gasteiger partial charge on any atom is -0.496 e. The van der Waals surface area contributed by atoms with Crippen LogP contribution in [0.3, 0.4) is 0 Å². The van der Waals surface area contributed by atoms with E-state index in [0.717, 1.165) is 30.2 Å². The van der Waals surface area contributed by atoms with Crippen LogP contribution in [0.1, 0.15) is 11.1 Å². The van der Waals surface area contributed by atoms with Crippen molar-refractivity contribution < 1.29 is 17.9 Å². The normalized spacial score (nSPS) is 18.3. The smallest absolute Gasteiger partial charge is 0.243 e. The largest absolute Gasteiger partial charge is 0.496 e. The molecule has 2 aliphatic rings. The maximum Gasteiger partial charge on any atom is 0.243 e. The fourth-order valence-electron chi connectivity index (χ4n) is 4.05. The first-order chi connectivity index (χ1) is 14.9.